The molecule has 0 fully saturated rings. The minimum absolute atomic E-state index is 0.0317. The zero-order chi connectivity index (χ0) is 21.0. The molecule has 0 spiro atoms. The van der Waals surface area contributed by atoms with Crippen molar-refractivity contribution < 1.29 is 18.0 Å². The second-order valence-electron chi connectivity index (χ2n) is 7.05. The summed E-state index contributed by atoms with van der Waals surface area (Å²) in [7, 11) is 1.44. The summed E-state index contributed by atoms with van der Waals surface area (Å²) in [5, 5.41) is 8.18. The summed E-state index contributed by atoms with van der Waals surface area (Å²) in [6.07, 6.45) is 0.868. The molecular formula is C19H16F3N7O. The van der Waals surface area contributed by atoms with E-state index in [0.29, 0.717) is 24.4 Å². The molecule has 5 heterocycles. The van der Waals surface area contributed by atoms with E-state index in [-0.39, 0.29) is 11.2 Å². The van der Waals surface area contributed by atoms with E-state index < -0.39 is 29.9 Å². The van der Waals surface area contributed by atoms with E-state index >= 15 is 0 Å². The first kappa shape index (κ1) is 18.4. The lowest BCUT2D eigenvalue weighted by atomic mass is 9.99. The topological polar surface area (TPSA) is 84.1 Å². The van der Waals surface area contributed by atoms with Crippen LogP contribution in [0.15, 0.2) is 36.8 Å². The Morgan fingerprint density at radius 3 is 2.87 bits per heavy atom. The van der Waals surface area contributed by atoms with E-state index in [9.17, 15) is 18.0 Å². The van der Waals surface area contributed by atoms with Crippen molar-refractivity contribution in [3.63, 3.8) is 0 Å². The predicted molar refractivity (Wildman–Crippen MR) is 98.5 cm³/mol. The molecule has 11 heteroatoms. The van der Waals surface area contributed by atoms with Crippen LogP contribution in [0.2, 0.25) is 0 Å². The largest absolute Gasteiger partial charge is 0.348 e. The molecule has 1 unspecified atom stereocenters. The number of carbonyl (C=O) groups is 1. The van der Waals surface area contributed by atoms with Crippen molar-refractivity contribution >= 4 is 11.4 Å². The first-order chi connectivity index (χ1) is 14.4. The summed E-state index contributed by atoms with van der Waals surface area (Å²) in [5.41, 5.74) is 1.70. The lowest BCUT2D eigenvalue weighted by Crippen LogP contribution is -2.41. The Bertz CT molecular complexity index is 1260. The molecule has 8 nitrogen and oxygen atoms in total. The van der Waals surface area contributed by atoms with Crippen LogP contribution in [-0.2, 0) is 13.5 Å². The highest BCUT2D eigenvalue weighted by Gasteiger charge is 2.37. The van der Waals surface area contributed by atoms with E-state index in [4.69, 9.17) is 0 Å². The number of H-pyrrole nitrogens is 1. The molecule has 1 N–H and O–H groups in total. The fourth-order valence-electron chi connectivity index (χ4n) is 3.87. The monoisotopic (exact) mass is 415 g/mol. The van der Waals surface area contributed by atoms with Gasteiger partial charge in [0.1, 0.15) is 28.8 Å². The van der Waals surface area contributed by atoms with Gasteiger partial charge in [-0.2, -0.15) is 10.2 Å². The molecule has 0 saturated carbocycles. The molecule has 1 aliphatic rings. The number of nitrogens with zero attached hydrogens (tertiary/aromatic N) is 6. The van der Waals surface area contributed by atoms with Crippen molar-refractivity contribution in [2.75, 3.05) is 6.54 Å². The van der Waals surface area contributed by atoms with Gasteiger partial charge in [0.25, 0.3) is 12.3 Å². The Kier molecular flexibility index (Phi) is 4.12. The molecule has 1 amide bonds. The highest BCUT2D eigenvalue weighted by atomic mass is 19.3. The van der Waals surface area contributed by atoms with E-state index in [2.05, 4.69) is 20.2 Å². The molecule has 0 bridgehead atoms. The maximum atomic E-state index is 14.2. The van der Waals surface area contributed by atoms with Crippen LogP contribution in [-0.4, -0.2) is 46.7 Å². The SMILES string of the molecule is Cn1nc(C(F)F)cc1C(=O)N1CCc2[nH]cnc2C1c1cc2c(F)cccn2n1. The Morgan fingerprint density at radius 2 is 2.13 bits per heavy atom. The van der Waals surface area contributed by atoms with Crippen molar-refractivity contribution in [3.8, 4) is 0 Å². The third kappa shape index (κ3) is 2.77. The van der Waals surface area contributed by atoms with Crippen molar-refractivity contribution in [2.24, 2.45) is 7.05 Å². The molecule has 4 aromatic rings. The average molecular weight is 415 g/mol. The number of amides is 1. The van der Waals surface area contributed by atoms with Gasteiger partial charge < -0.3 is 9.88 Å². The van der Waals surface area contributed by atoms with Crippen LogP contribution in [0, 0.1) is 5.82 Å². The van der Waals surface area contributed by atoms with Crippen LogP contribution < -0.4 is 0 Å². The number of pyridine rings is 1. The Morgan fingerprint density at radius 1 is 1.30 bits per heavy atom. The maximum absolute atomic E-state index is 14.2. The van der Waals surface area contributed by atoms with Gasteiger partial charge >= 0.3 is 0 Å². The molecule has 0 radical (unpaired) electrons. The Balaban J connectivity index is 1.62. The summed E-state index contributed by atoms with van der Waals surface area (Å²) in [6, 6.07) is 4.82. The number of aryl methyl sites for hydroxylation is 1. The van der Waals surface area contributed by atoms with Crippen LogP contribution in [0.1, 0.15) is 45.7 Å². The van der Waals surface area contributed by atoms with Crippen LogP contribution in [0.5, 0.6) is 0 Å². The number of hydrogen-bond acceptors (Lipinski definition) is 4. The van der Waals surface area contributed by atoms with Crippen molar-refractivity contribution in [1.82, 2.24) is 34.3 Å². The van der Waals surface area contributed by atoms with Gasteiger partial charge in [0.05, 0.1) is 17.7 Å². The van der Waals surface area contributed by atoms with Crippen molar-refractivity contribution in [3.05, 3.63) is 71.1 Å². The van der Waals surface area contributed by atoms with E-state index in [1.807, 2.05) is 0 Å². The second kappa shape index (κ2) is 6.71. The number of imidazole rings is 1. The lowest BCUT2D eigenvalue weighted by Gasteiger charge is -2.33. The number of nitrogens with one attached hydrogen (secondary N) is 1. The van der Waals surface area contributed by atoms with E-state index in [0.717, 1.165) is 16.4 Å². The number of aromatic amines is 1. The second-order valence-corrected chi connectivity index (χ2v) is 7.05. The zero-order valence-corrected chi connectivity index (χ0v) is 15.8. The third-order valence-corrected chi connectivity index (χ3v) is 5.28. The van der Waals surface area contributed by atoms with Crippen LogP contribution in [0.25, 0.3) is 5.52 Å². The van der Waals surface area contributed by atoms with Crippen LogP contribution in [0.3, 0.4) is 0 Å². The summed E-state index contributed by atoms with van der Waals surface area (Å²) in [4.78, 5) is 22.2. The van der Waals surface area contributed by atoms with Crippen LogP contribution >= 0.6 is 0 Å². The molecule has 30 heavy (non-hydrogen) atoms. The standard InChI is InChI=1S/C19H16F3N7O/c1-27-15(8-13(25-27)18(21)22)19(30)28-6-4-11-16(24-9-23-11)17(28)12-7-14-10(20)3-2-5-29(14)26-12/h2-3,5,7-9,17-18H,4,6H2,1H3,(H,23,24). The number of rotatable bonds is 3. The number of carbonyl (C=O) groups excluding carboxylic acids is 1. The molecule has 1 atom stereocenters. The fraction of sp³-hybridized carbons (Fsp3) is 0.263. The number of aromatic nitrogens is 6. The Labute approximate surface area is 167 Å². The fourth-order valence-corrected chi connectivity index (χ4v) is 3.87. The minimum atomic E-state index is -2.78. The average Bonchev–Trinajstić information content (AvgIpc) is 3.44. The van der Waals surface area contributed by atoms with Gasteiger partial charge in [-0.3, -0.25) is 9.48 Å². The normalized spacial score (nSPS) is 16.4. The predicted octanol–water partition coefficient (Wildman–Crippen LogP) is 2.66. The quantitative estimate of drug-likeness (QED) is 0.558. The molecule has 154 valence electrons. The van der Waals surface area contributed by atoms with E-state index in [1.54, 1.807) is 12.3 Å². The summed E-state index contributed by atoms with van der Waals surface area (Å²) in [6.45, 7) is 0.310. The van der Waals surface area contributed by atoms with Crippen LogP contribution in [0.4, 0.5) is 13.2 Å². The first-order valence-electron chi connectivity index (χ1n) is 9.23. The van der Waals surface area contributed by atoms with Gasteiger partial charge in [-0.05, 0) is 24.3 Å². The molecule has 4 aromatic heterocycles. The smallest absolute Gasteiger partial charge is 0.282 e. The van der Waals surface area contributed by atoms with Gasteiger partial charge in [0.15, 0.2) is 0 Å². The molecule has 5 rings (SSSR count). The Hall–Kier alpha value is -3.63. The number of fused-ring (bicyclic) bond motifs is 2. The molecule has 0 aliphatic carbocycles. The van der Waals surface area contributed by atoms with Gasteiger partial charge in [0.2, 0.25) is 0 Å². The lowest BCUT2D eigenvalue weighted by molar-refractivity contribution is 0.0675. The zero-order valence-electron chi connectivity index (χ0n) is 15.8. The van der Waals surface area contributed by atoms with Gasteiger partial charge in [-0.1, -0.05) is 0 Å². The van der Waals surface area contributed by atoms with Crippen molar-refractivity contribution in [1.29, 1.82) is 0 Å². The molecular weight excluding hydrogens is 399 g/mol. The first-order valence-corrected chi connectivity index (χ1v) is 9.23. The number of hydrogen-bond donors (Lipinski definition) is 1. The highest BCUT2D eigenvalue weighted by molar-refractivity contribution is 5.93. The third-order valence-electron chi connectivity index (χ3n) is 5.28. The van der Waals surface area contributed by atoms with Gasteiger partial charge in [-0.25, -0.2) is 22.7 Å². The molecule has 0 aromatic carbocycles. The summed E-state index contributed by atoms with van der Waals surface area (Å²) < 4.78 is 42.9. The highest BCUT2D eigenvalue weighted by Crippen LogP contribution is 2.34. The maximum Gasteiger partial charge on any atom is 0.282 e. The number of alkyl halides is 2. The molecule has 1 aliphatic heterocycles. The summed E-state index contributed by atoms with van der Waals surface area (Å²) in [5.74, 6) is -0.923. The van der Waals surface area contributed by atoms with Gasteiger partial charge in [0, 0.05) is 31.9 Å². The van der Waals surface area contributed by atoms with Gasteiger partial charge in [-0.15, -0.1) is 0 Å². The molecule has 0 saturated heterocycles. The summed E-state index contributed by atoms with van der Waals surface area (Å²) >= 11 is 0. The van der Waals surface area contributed by atoms with Crippen molar-refractivity contribution in [2.45, 2.75) is 18.9 Å². The van der Waals surface area contributed by atoms with E-state index in [1.165, 1.54) is 34.9 Å². The number of halogens is 3. The minimum Gasteiger partial charge on any atom is -0.348 e.